The number of nitrogens with zero attached hydrogens (tertiary/aromatic N) is 1. The van der Waals surface area contributed by atoms with Crippen LogP contribution in [0, 0.1) is 17.2 Å². The third kappa shape index (κ3) is 1.58. The zero-order valence-electron chi connectivity index (χ0n) is 5.83. The van der Waals surface area contributed by atoms with Gasteiger partial charge in [-0.3, -0.25) is 0 Å². The molecule has 0 saturated heterocycles. The highest BCUT2D eigenvalue weighted by Gasteiger charge is 2.21. The highest BCUT2D eigenvalue weighted by molar-refractivity contribution is 5.06. The molecule has 2 heteroatoms. The predicted molar refractivity (Wildman–Crippen MR) is 38.1 cm³/mol. The lowest BCUT2D eigenvalue weighted by molar-refractivity contribution is 0.153. The summed E-state index contributed by atoms with van der Waals surface area (Å²) >= 11 is 0. The lowest BCUT2D eigenvalue weighted by Crippen LogP contribution is -2.09. The van der Waals surface area contributed by atoms with Crippen molar-refractivity contribution >= 4 is 0 Å². The number of allylic oxidation sites excluding steroid dienone is 1. The van der Waals surface area contributed by atoms with E-state index in [4.69, 9.17) is 5.26 Å². The third-order valence-electron chi connectivity index (χ3n) is 1.95. The van der Waals surface area contributed by atoms with E-state index in [0.29, 0.717) is 0 Å². The molecule has 0 spiro atoms. The molecular weight excluding hydrogens is 126 g/mol. The van der Waals surface area contributed by atoms with Crippen LogP contribution in [0.5, 0.6) is 0 Å². The van der Waals surface area contributed by atoms with Gasteiger partial charge in [-0.1, -0.05) is 12.5 Å². The van der Waals surface area contributed by atoms with Gasteiger partial charge in [0.05, 0.1) is 12.2 Å². The van der Waals surface area contributed by atoms with Crippen LogP contribution in [0.2, 0.25) is 0 Å². The van der Waals surface area contributed by atoms with E-state index in [1.165, 1.54) is 6.08 Å². The molecule has 1 saturated carbocycles. The summed E-state index contributed by atoms with van der Waals surface area (Å²) in [7, 11) is 0. The Labute approximate surface area is 60.8 Å². The minimum absolute atomic E-state index is 0.204. The zero-order chi connectivity index (χ0) is 7.40. The molecule has 0 aromatic carbocycles. The second-order valence-electron chi connectivity index (χ2n) is 2.65. The smallest absolute Gasteiger partial charge is 0.0908 e. The molecule has 54 valence electrons. The van der Waals surface area contributed by atoms with Crippen LogP contribution < -0.4 is 0 Å². The summed E-state index contributed by atoms with van der Waals surface area (Å²) in [5, 5.41) is 17.4. The largest absolute Gasteiger partial charge is 0.393 e. The van der Waals surface area contributed by atoms with Crippen molar-refractivity contribution in [1.82, 2.24) is 0 Å². The van der Waals surface area contributed by atoms with Crippen molar-refractivity contribution in [3.63, 3.8) is 0 Å². The van der Waals surface area contributed by atoms with Crippen LogP contribution in [0.25, 0.3) is 0 Å². The number of aliphatic hydroxyl groups is 1. The Hall–Kier alpha value is -0.810. The van der Waals surface area contributed by atoms with Crippen molar-refractivity contribution in [3.05, 3.63) is 12.2 Å². The number of hydrogen-bond acceptors (Lipinski definition) is 2. The molecule has 0 aliphatic heterocycles. The van der Waals surface area contributed by atoms with E-state index in [9.17, 15) is 5.11 Å². The second kappa shape index (κ2) is 3.38. The minimum atomic E-state index is -0.204. The van der Waals surface area contributed by atoms with E-state index in [1.54, 1.807) is 6.08 Å². The van der Waals surface area contributed by atoms with Gasteiger partial charge in [0.2, 0.25) is 0 Å². The molecule has 10 heavy (non-hydrogen) atoms. The lowest BCUT2D eigenvalue weighted by Gasteiger charge is -2.06. The van der Waals surface area contributed by atoms with Gasteiger partial charge in [-0.15, -0.1) is 0 Å². The molecule has 0 heterocycles. The molecule has 2 nitrogen and oxygen atoms in total. The molecular formula is C8H11NO. The summed E-state index contributed by atoms with van der Waals surface area (Å²) in [5.41, 5.74) is 0. The van der Waals surface area contributed by atoms with Crippen molar-refractivity contribution in [2.75, 3.05) is 0 Å². The normalized spacial score (nSPS) is 32.8. The summed E-state index contributed by atoms with van der Waals surface area (Å²) in [6.07, 6.45) is 6.06. The van der Waals surface area contributed by atoms with Gasteiger partial charge in [-0.2, -0.15) is 5.26 Å². The van der Waals surface area contributed by atoms with Crippen LogP contribution >= 0.6 is 0 Å². The molecule has 1 rings (SSSR count). The van der Waals surface area contributed by atoms with Gasteiger partial charge in [0, 0.05) is 12.0 Å². The average Bonchev–Trinajstić information content (AvgIpc) is 2.31. The maximum Gasteiger partial charge on any atom is 0.0908 e. The third-order valence-corrected chi connectivity index (χ3v) is 1.95. The highest BCUT2D eigenvalue weighted by Crippen LogP contribution is 2.26. The van der Waals surface area contributed by atoms with Crippen molar-refractivity contribution in [1.29, 1.82) is 5.26 Å². The van der Waals surface area contributed by atoms with Crippen molar-refractivity contribution in [2.24, 2.45) is 5.92 Å². The van der Waals surface area contributed by atoms with Crippen LogP contribution in [0.15, 0.2) is 12.2 Å². The molecule has 1 aliphatic carbocycles. The van der Waals surface area contributed by atoms with Crippen molar-refractivity contribution in [2.45, 2.75) is 25.4 Å². The van der Waals surface area contributed by atoms with Gasteiger partial charge < -0.3 is 5.11 Å². The molecule has 1 aliphatic rings. The SMILES string of the molecule is N#CC=CC1CCCC1O. The summed E-state index contributed by atoms with van der Waals surface area (Å²) < 4.78 is 0. The summed E-state index contributed by atoms with van der Waals surface area (Å²) in [5.74, 6) is 0.236. The van der Waals surface area contributed by atoms with Crippen LogP contribution in [-0.4, -0.2) is 11.2 Å². The Kier molecular flexibility index (Phi) is 2.47. The predicted octanol–water partition coefficient (Wildman–Crippen LogP) is 1.23. The first-order valence-corrected chi connectivity index (χ1v) is 3.59. The lowest BCUT2D eigenvalue weighted by atomic mass is 10.1. The summed E-state index contributed by atoms with van der Waals surface area (Å²) in [6, 6.07) is 1.92. The topological polar surface area (TPSA) is 44.0 Å². The molecule has 1 fully saturated rings. The molecule has 2 unspecified atom stereocenters. The first kappa shape index (κ1) is 7.30. The first-order chi connectivity index (χ1) is 4.84. The van der Waals surface area contributed by atoms with E-state index in [0.717, 1.165) is 19.3 Å². The van der Waals surface area contributed by atoms with Gasteiger partial charge in [0.1, 0.15) is 0 Å². The van der Waals surface area contributed by atoms with Gasteiger partial charge >= 0.3 is 0 Å². The number of nitriles is 1. The summed E-state index contributed by atoms with van der Waals surface area (Å²) in [6.45, 7) is 0. The Morgan fingerprint density at radius 3 is 2.80 bits per heavy atom. The van der Waals surface area contributed by atoms with Crippen molar-refractivity contribution in [3.8, 4) is 6.07 Å². The molecule has 0 bridgehead atoms. The maximum absolute atomic E-state index is 9.25. The second-order valence-corrected chi connectivity index (χ2v) is 2.65. The Bertz CT molecular complexity index is 169. The average molecular weight is 137 g/mol. The Balaban J connectivity index is 2.42. The fourth-order valence-corrected chi connectivity index (χ4v) is 1.36. The van der Waals surface area contributed by atoms with Crippen LogP contribution in [-0.2, 0) is 0 Å². The Morgan fingerprint density at radius 2 is 2.30 bits per heavy atom. The van der Waals surface area contributed by atoms with Gasteiger partial charge in [-0.05, 0) is 12.8 Å². The van der Waals surface area contributed by atoms with Crippen molar-refractivity contribution < 1.29 is 5.11 Å². The quantitative estimate of drug-likeness (QED) is 0.552. The monoisotopic (exact) mass is 137 g/mol. The fourth-order valence-electron chi connectivity index (χ4n) is 1.36. The highest BCUT2D eigenvalue weighted by atomic mass is 16.3. The molecule has 0 aromatic heterocycles. The molecule has 0 amide bonds. The van der Waals surface area contributed by atoms with Crippen LogP contribution in [0.1, 0.15) is 19.3 Å². The Morgan fingerprint density at radius 1 is 1.50 bits per heavy atom. The van der Waals surface area contributed by atoms with E-state index < -0.39 is 0 Å². The van der Waals surface area contributed by atoms with E-state index in [2.05, 4.69) is 0 Å². The van der Waals surface area contributed by atoms with E-state index in [-0.39, 0.29) is 12.0 Å². The van der Waals surface area contributed by atoms with E-state index >= 15 is 0 Å². The number of hydrogen-bond donors (Lipinski definition) is 1. The molecule has 0 aromatic rings. The minimum Gasteiger partial charge on any atom is -0.393 e. The number of rotatable bonds is 1. The standard InChI is InChI=1S/C8H11NO/c9-6-2-4-7-3-1-5-8(7)10/h2,4,7-8,10H,1,3,5H2. The maximum atomic E-state index is 9.25. The van der Waals surface area contributed by atoms with Crippen LogP contribution in [0.3, 0.4) is 0 Å². The van der Waals surface area contributed by atoms with Gasteiger partial charge in [-0.25, -0.2) is 0 Å². The number of aliphatic hydroxyl groups excluding tert-OH is 1. The van der Waals surface area contributed by atoms with E-state index in [1.807, 2.05) is 6.07 Å². The van der Waals surface area contributed by atoms with Gasteiger partial charge in [0.25, 0.3) is 0 Å². The zero-order valence-corrected chi connectivity index (χ0v) is 5.83. The molecule has 0 radical (unpaired) electrons. The summed E-state index contributed by atoms with van der Waals surface area (Å²) in [4.78, 5) is 0. The molecule has 1 N–H and O–H groups in total. The van der Waals surface area contributed by atoms with Gasteiger partial charge in [0.15, 0.2) is 0 Å². The molecule has 2 atom stereocenters. The fraction of sp³-hybridized carbons (Fsp3) is 0.625. The van der Waals surface area contributed by atoms with Crippen LogP contribution in [0.4, 0.5) is 0 Å². The first-order valence-electron chi connectivity index (χ1n) is 3.59.